The summed E-state index contributed by atoms with van der Waals surface area (Å²) in [6, 6.07) is 12.2. The molecule has 2 aromatic rings. The van der Waals surface area contributed by atoms with E-state index in [9.17, 15) is 4.39 Å². The third-order valence-corrected chi connectivity index (χ3v) is 3.27. The molecule has 0 fully saturated rings. The van der Waals surface area contributed by atoms with Crippen LogP contribution in [-0.4, -0.2) is 0 Å². The summed E-state index contributed by atoms with van der Waals surface area (Å²) in [5.41, 5.74) is 1.42. The second-order valence-electron chi connectivity index (χ2n) is 3.10. The molecule has 2 rings (SSSR count). The van der Waals surface area contributed by atoms with Crippen LogP contribution in [0.4, 0.5) is 4.39 Å². The van der Waals surface area contributed by atoms with Gasteiger partial charge in [0.1, 0.15) is 5.82 Å². The third-order valence-electron chi connectivity index (χ3n) is 2.09. The molecule has 0 aliphatic carbocycles. The molecule has 3 heteroatoms. The van der Waals surface area contributed by atoms with Crippen molar-refractivity contribution in [1.82, 2.24) is 0 Å². The maximum Gasteiger partial charge on any atom is 0.131 e. The Labute approximate surface area is 106 Å². The topological polar surface area (TPSA) is 0 Å². The minimum Gasteiger partial charge on any atom is -0.206 e. The fourth-order valence-electron chi connectivity index (χ4n) is 1.38. The summed E-state index contributed by atoms with van der Waals surface area (Å²) >= 11 is 8.03. The second-order valence-corrected chi connectivity index (χ2v) is 4.70. The van der Waals surface area contributed by atoms with Gasteiger partial charge in [-0.1, -0.05) is 29.8 Å². The van der Waals surface area contributed by atoms with Crippen molar-refractivity contribution in [3.63, 3.8) is 0 Å². The molecule has 0 N–H and O–H groups in total. The van der Waals surface area contributed by atoms with Crippen molar-refractivity contribution in [2.75, 3.05) is 0 Å². The van der Waals surface area contributed by atoms with Crippen LogP contribution in [0.2, 0.25) is 5.02 Å². The fraction of sp³-hybridized carbons (Fsp3) is 0. The van der Waals surface area contributed by atoms with Crippen LogP contribution in [0.5, 0.6) is 0 Å². The van der Waals surface area contributed by atoms with Gasteiger partial charge in [-0.15, -0.1) is 0 Å². The number of halogens is 3. The van der Waals surface area contributed by atoms with E-state index < -0.39 is 0 Å². The highest BCUT2D eigenvalue weighted by Gasteiger charge is 2.08. The Hall–Kier alpha value is -0.610. The molecular weight excluding hydrogens is 325 g/mol. The molecule has 76 valence electrons. The van der Waals surface area contributed by atoms with Gasteiger partial charge in [-0.05, 0) is 52.4 Å². The highest BCUT2D eigenvalue weighted by molar-refractivity contribution is 14.1. The van der Waals surface area contributed by atoms with Crippen LogP contribution in [0, 0.1) is 9.39 Å². The number of hydrogen-bond donors (Lipinski definition) is 0. The van der Waals surface area contributed by atoms with Gasteiger partial charge < -0.3 is 0 Å². The van der Waals surface area contributed by atoms with Gasteiger partial charge in [-0.2, -0.15) is 0 Å². The van der Waals surface area contributed by atoms with Gasteiger partial charge >= 0.3 is 0 Å². The monoisotopic (exact) mass is 332 g/mol. The summed E-state index contributed by atoms with van der Waals surface area (Å²) in [5, 5.41) is 0.547. The lowest BCUT2D eigenvalue weighted by molar-refractivity contribution is 0.631. The zero-order chi connectivity index (χ0) is 10.8. The average Bonchev–Trinajstić information content (AvgIpc) is 2.23. The van der Waals surface area contributed by atoms with E-state index in [4.69, 9.17) is 11.6 Å². The van der Waals surface area contributed by atoms with Gasteiger partial charge in [0.25, 0.3) is 0 Å². The van der Waals surface area contributed by atoms with E-state index >= 15 is 0 Å². The molecule has 0 unspecified atom stereocenters. The zero-order valence-electron chi connectivity index (χ0n) is 7.68. The Kier molecular flexibility index (Phi) is 3.26. The van der Waals surface area contributed by atoms with Crippen LogP contribution in [0.3, 0.4) is 0 Å². The van der Waals surface area contributed by atoms with Crippen molar-refractivity contribution in [3.8, 4) is 11.1 Å². The highest BCUT2D eigenvalue weighted by Crippen LogP contribution is 2.29. The van der Waals surface area contributed by atoms with Gasteiger partial charge in [0.2, 0.25) is 0 Å². The van der Waals surface area contributed by atoms with Crippen molar-refractivity contribution >= 4 is 34.2 Å². The van der Waals surface area contributed by atoms with Gasteiger partial charge in [0.15, 0.2) is 0 Å². The Morgan fingerprint density at radius 2 is 1.73 bits per heavy atom. The van der Waals surface area contributed by atoms with E-state index in [1.807, 2.05) is 24.3 Å². The van der Waals surface area contributed by atoms with Crippen molar-refractivity contribution < 1.29 is 4.39 Å². The molecule has 0 bridgehead atoms. The lowest BCUT2D eigenvalue weighted by Gasteiger charge is -2.06. The first-order valence-corrected chi connectivity index (χ1v) is 5.84. The van der Waals surface area contributed by atoms with Crippen molar-refractivity contribution in [1.29, 1.82) is 0 Å². The molecule has 0 aliphatic heterocycles. The molecule has 0 radical (unpaired) electrons. The summed E-state index contributed by atoms with van der Waals surface area (Å²) in [7, 11) is 0. The fourth-order valence-corrected chi connectivity index (χ4v) is 2.23. The lowest BCUT2D eigenvalue weighted by Crippen LogP contribution is -1.86. The molecule has 2 aromatic carbocycles. The molecule has 0 aromatic heterocycles. The van der Waals surface area contributed by atoms with E-state index in [0.29, 0.717) is 10.6 Å². The first-order chi connectivity index (χ1) is 7.18. The predicted molar refractivity (Wildman–Crippen MR) is 69.6 cm³/mol. The van der Waals surface area contributed by atoms with E-state index in [2.05, 4.69) is 22.6 Å². The molecule has 0 atom stereocenters. The van der Waals surface area contributed by atoms with Crippen LogP contribution in [-0.2, 0) is 0 Å². The summed E-state index contributed by atoms with van der Waals surface area (Å²) in [4.78, 5) is 0. The Bertz CT molecular complexity index is 497. The second kappa shape index (κ2) is 4.49. The van der Waals surface area contributed by atoms with Gasteiger partial charge in [0.05, 0.1) is 0 Å². The van der Waals surface area contributed by atoms with Gasteiger partial charge in [-0.25, -0.2) is 4.39 Å². The Balaban J connectivity index is 2.64. The maximum atomic E-state index is 13.6. The normalized spacial score (nSPS) is 10.3. The van der Waals surface area contributed by atoms with E-state index in [1.54, 1.807) is 12.1 Å². The molecular formula is C12H7ClFI. The minimum absolute atomic E-state index is 0.247. The van der Waals surface area contributed by atoms with Gasteiger partial charge in [-0.3, -0.25) is 0 Å². The van der Waals surface area contributed by atoms with Crippen molar-refractivity contribution in [2.24, 2.45) is 0 Å². The molecule has 0 spiro atoms. The number of hydrogen-bond acceptors (Lipinski definition) is 0. The zero-order valence-corrected chi connectivity index (χ0v) is 10.6. The Morgan fingerprint density at radius 3 is 2.47 bits per heavy atom. The highest BCUT2D eigenvalue weighted by atomic mass is 127. The summed E-state index contributed by atoms with van der Waals surface area (Å²) in [5.74, 6) is -0.247. The molecule has 0 amide bonds. The summed E-state index contributed by atoms with van der Waals surface area (Å²) in [6.07, 6.45) is 0. The maximum absolute atomic E-state index is 13.6. The summed E-state index contributed by atoms with van der Waals surface area (Å²) < 4.78 is 14.6. The molecule has 0 saturated heterocycles. The van der Waals surface area contributed by atoms with Gasteiger partial charge in [0, 0.05) is 14.2 Å². The Morgan fingerprint density at radius 1 is 1.00 bits per heavy atom. The van der Waals surface area contributed by atoms with Crippen LogP contribution in [0.15, 0.2) is 42.5 Å². The molecule has 0 heterocycles. The van der Waals surface area contributed by atoms with Crippen molar-refractivity contribution in [2.45, 2.75) is 0 Å². The third kappa shape index (κ3) is 2.32. The number of benzene rings is 2. The largest absolute Gasteiger partial charge is 0.206 e. The quantitative estimate of drug-likeness (QED) is 0.661. The number of rotatable bonds is 1. The van der Waals surface area contributed by atoms with Crippen LogP contribution >= 0.6 is 34.2 Å². The van der Waals surface area contributed by atoms with Crippen molar-refractivity contribution in [3.05, 3.63) is 56.9 Å². The van der Waals surface area contributed by atoms with E-state index in [-0.39, 0.29) is 5.82 Å². The minimum atomic E-state index is -0.247. The SMILES string of the molecule is Fc1ccc(Cl)cc1-c1ccccc1I. The van der Waals surface area contributed by atoms with Crippen LogP contribution in [0.1, 0.15) is 0 Å². The predicted octanol–water partition coefficient (Wildman–Crippen LogP) is 4.75. The van der Waals surface area contributed by atoms with Crippen LogP contribution < -0.4 is 0 Å². The van der Waals surface area contributed by atoms with E-state index in [0.717, 1.165) is 9.13 Å². The smallest absolute Gasteiger partial charge is 0.131 e. The molecule has 0 aliphatic rings. The first-order valence-electron chi connectivity index (χ1n) is 4.38. The average molecular weight is 333 g/mol. The summed E-state index contributed by atoms with van der Waals surface area (Å²) in [6.45, 7) is 0. The van der Waals surface area contributed by atoms with Crippen LogP contribution in [0.25, 0.3) is 11.1 Å². The first kappa shape index (κ1) is 10.9. The molecule has 0 nitrogen and oxygen atoms in total. The molecule has 15 heavy (non-hydrogen) atoms. The van der Waals surface area contributed by atoms with E-state index in [1.165, 1.54) is 6.07 Å². The molecule has 0 saturated carbocycles. The lowest BCUT2D eigenvalue weighted by atomic mass is 10.1. The standard InChI is InChI=1S/C12H7ClFI/c13-8-5-6-11(14)10(7-8)9-3-1-2-4-12(9)15/h1-7H.